The maximum absolute atomic E-state index is 13.5. The molecule has 4 heterocycles. The SMILES string of the molecule is COC1(C(=O)N2C[C@@H]3C[C@H](C2)[C@@H]2CCC[C@H](c4ccccc4)N2C3)CCNCC1.Cl.Cl. The summed E-state index contributed by atoms with van der Waals surface area (Å²) in [4.78, 5) is 18.5. The minimum Gasteiger partial charge on any atom is -0.368 e. The Labute approximate surface area is 199 Å². The standard InChI is InChI=1S/C24H35N3O2.2ClH/c1-29-24(10-12-25-13-11-24)23(28)26-15-18-14-20(17-26)22-9-5-8-21(27(22)16-18)19-6-3-2-4-7-19;;/h2-4,6-7,18,20-22,25H,5,8-17H2,1H3;2*1H/t18-,20+,21+,22-;;/m0../s1. The van der Waals surface area contributed by atoms with Crippen LogP contribution in [-0.4, -0.2) is 67.2 Å². The number of carbonyl (C=O) groups is 1. The van der Waals surface area contributed by atoms with Gasteiger partial charge in [-0.2, -0.15) is 0 Å². The summed E-state index contributed by atoms with van der Waals surface area (Å²) < 4.78 is 5.86. The zero-order valence-corrected chi connectivity index (χ0v) is 20.1. The third-order valence-corrected chi connectivity index (χ3v) is 8.05. The Balaban J connectivity index is 0.00000136. The normalized spacial score (nSPS) is 32.2. The van der Waals surface area contributed by atoms with E-state index in [1.165, 1.54) is 31.2 Å². The zero-order valence-electron chi connectivity index (χ0n) is 18.5. The quantitative estimate of drug-likeness (QED) is 0.733. The zero-order chi connectivity index (χ0) is 19.8. The molecule has 5 rings (SSSR count). The van der Waals surface area contributed by atoms with E-state index in [9.17, 15) is 4.79 Å². The van der Waals surface area contributed by atoms with Crippen molar-refractivity contribution in [3.8, 4) is 0 Å². The molecule has 31 heavy (non-hydrogen) atoms. The Morgan fingerprint density at radius 3 is 2.52 bits per heavy atom. The summed E-state index contributed by atoms with van der Waals surface area (Å²) >= 11 is 0. The van der Waals surface area contributed by atoms with Gasteiger partial charge in [-0.3, -0.25) is 9.69 Å². The van der Waals surface area contributed by atoms with Crippen LogP contribution in [0.3, 0.4) is 0 Å². The van der Waals surface area contributed by atoms with Gasteiger partial charge in [0.05, 0.1) is 0 Å². The number of hydrogen-bond acceptors (Lipinski definition) is 4. The van der Waals surface area contributed by atoms with Gasteiger partial charge in [0, 0.05) is 38.8 Å². The first-order valence-corrected chi connectivity index (χ1v) is 11.6. The Morgan fingerprint density at radius 1 is 1.06 bits per heavy atom. The number of nitrogens with one attached hydrogen (secondary N) is 1. The van der Waals surface area contributed by atoms with Gasteiger partial charge in [-0.05, 0) is 69.0 Å². The highest BCUT2D eigenvalue weighted by Crippen LogP contribution is 2.44. The molecule has 0 saturated carbocycles. The number of methoxy groups -OCH3 is 1. The van der Waals surface area contributed by atoms with E-state index in [1.807, 2.05) is 0 Å². The van der Waals surface area contributed by atoms with E-state index in [4.69, 9.17) is 4.74 Å². The second-order valence-electron chi connectivity index (χ2n) is 9.64. The molecule has 174 valence electrons. The van der Waals surface area contributed by atoms with Crippen molar-refractivity contribution in [2.45, 2.75) is 56.2 Å². The summed E-state index contributed by atoms with van der Waals surface area (Å²) in [6.45, 7) is 4.69. The predicted octanol–water partition coefficient (Wildman–Crippen LogP) is 3.67. The van der Waals surface area contributed by atoms with Gasteiger partial charge in [-0.1, -0.05) is 30.3 Å². The number of benzene rings is 1. The third kappa shape index (κ3) is 4.63. The first-order chi connectivity index (χ1) is 14.2. The lowest BCUT2D eigenvalue weighted by atomic mass is 9.73. The molecule has 1 aromatic carbocycles. The van der Waals surface area contributed by atoms with Crippen molar-refractivity contribution >= 4 is 30.7 Å². The van der Waals surface area contributed by atoms with Crippen LogP contribution in [0.2, 0.25) is 0 Å². The molecule has 4 fully saturated rings. The molecule has 4 aliphatic rings. The fraction of sp³-hybridized carbons (Fsp3) is 0.708. The molecular weight excluding hydrogens is 433 g/mol. The van der Waals surface area contributed by atoms with Crippen LogP contribution in [0.25, 0.3) is 0 Å². The summed E-state index contributed by atoms with van der Waals surface area (Å²) in [6, 6.07) is 12.2. The minimum absolute atomic E-state index is 0. The fourth-order valence-electron chi connectivity index (χ4n) is 6.63. The Bertz CT molecular complexity index is 729. The Hall–Kier alpha value is -0.850. The molecule has 7 heteroatoms. The van der Waals surface area contributed by atoms with Crippen LogP contribution >= 0.6 is 24.8 Å². The molecule has 0 aliphatic carbocycles. The maximum Gasteiger partial charge on any atom is 0.254 e. The summed E-state index contributed by atoms with van der Waals surface area (Å²) in [5, 5.41) is 3.37. The van der Waals surface area contributed by atoms with Gasteiger partial charge in [0.1, 0.15) is 5.60 Å². The number of hydrogen-bond donors (Lipinski definition) is 1. The summed E-state index contributed by atoms with van der Waals surface area (Å²) in [5.41, 5.74) is 0.869. The van der Waals surface area contributed by atoms with E-state index in [2.05, 4.69) is 45.4 Å². The monoisotopic (exact) mass is 469 g/mol. The molecule has 1 amide bonds. The molecule has 2 bridgehead atoms. The minimum atomic E-state index is -0.601. The second kappa shape index (κ2) is 10.4. The van der Waals surface area contributed by atoms with Crippen molar-refractivity contribution in [1.29, 1.82) is 0 Å². The van der Waals surface area contributed by atoms with Gasteiger partial charge in [-0.15, -0.1) is 24.8 Å². The van der Waals surface area contributed by atoms with E-state index in [1.54, 1.807) is 7.11 Å². The molecule has 5 nitrogen and oxygen atoms in total. The number of halogens is 2. The summed E-state index contributed by atoms with van der Waals surface area (Å²) in [5.74, 6) is 1.45. The van der Waals surface area contributed by atoms with Crippen molar-refractivity contribution in [3.05, 3.63) is 35.9 Å². The van der Waals surface area contributed by atoms with Gasteiger partial charge >= 0.3 is 0 Å². The van der Waals surface area contributed by atoms with Crippen LogP contribution in [0.4, 0.5) is 0 Å². The van der Waals surface area contributed by atoms with E-state index in [-0.39, 0.29) is 30.7 Å². The molecule has 4 saturated heterocycles. The topological polar surface area (TPSA) is 44.8 Å². The van der Waals surface area contributed by atoms with E-state index >= 15 is 0 Å². The van der Waals surface area contributed by atoms with E-state index < -0.39 is 5.60 Å². The highest BCUT2D eigenvalue weighted by atomic mass is 35.5. The van der Waals surface area contributed by atoms with Crippen molar-refractivity contribution < 1.29 is 9.53 Å². The third-order valence-electron chi connectivity index (χ3n) is 8.05. The van der Waals surface area contributed by atoms with Crippen LogP contribution in [0.1, 0.15) is 50.1 Å². The van der Waals surface area contributed by atoms with Crippen molar-refractivity contribution in [2.24, 2.45) is 11.8 Å². The largest absolute Gasteiger partial charge is 0.368 e. The highest BCUT2D eigenvalue weighted by molar-refractivity contribution is 5.86. The molecule has 0 spiro atoms. The summed E-state index contributed by atoms with van der Waals surface area (Å²) in [7, 11) is 1.72. The van der Waals surface area contributed by atoms with Gasteiger partial charge < -0.3 is 15.0 Å². The van der Waals surface area contributed by atoms with Gasteiger partial charge in [0.2, 0.25) is 0 Å². The number of carbonyl (C=O) groups excluding carboxylic acids is 1. The molecule has 0 radical (unpaired) electrons. The lowest BCUT2D eigenvalue weighted by Gasteiger charge is -2.56. The van der Waals surface area contributed by atoms with Crippen molar-refractivity contribution in [1.82, 2.24) is 15.1 Å². The van der Waals surface area contributed by atoms with Crippen molar-refractivity contribution in [2.75, 3.05) is 39.8 Å². The number of piperidine rings is 4. The average Bonchev–Trinajstić information content (AvgIpc) is 2.79. The van der Waals surface area contributed by atoms with Gasteiger partial charge in [-0.25, -0.2) is 0 Å². The molecule has 0 unspecified atom stereocenters. The van der Waals surface area contributed by atoms with Crippen molar-refractivity contribution in [3.63, 3.8) is 0 Å². The molecule has 1 aromatic rings. The molecule has 0 aromatic heterocycles. The number of ether oxygens (including phenoxy) is 1. The predicted molar refractivity (Wildman–Crippen MR) is 128 cm³/mol. The number of nitrogens with zero attached hydrogens (tertiary/aromatic N) is 2. The van der Waals surface area contributed by atoms with Crippen LogP contribution < -0.4 is 5.32 Å². The Morgan fingerprint density at radius 2 is 1.81 bits per heavy atom. The maximum atomic E-state index is 13.5. The molecule has 4 aliphatic heterocycles. The van der Waals surface area contributed by atoms with Gasteiger partial charge in [0.15, 0.2) is 0 Å². The molecule has 4 atom stereocenters. The lowest BCUT2D eigenvalue weighted by Crippen LogP contribution is -2.63. The van der Waals surface area contributed by atoms with E-state index in [0.717, 1.165) is 45.6 Å². The first-order valence-electron chi connectivity index (χ1n) is 11.6. The molecular formula is C24H37Cl2N3O2. The Kier molecular flexibility index (Phi) is 8.31. The number of fused-ring (bicyclic) bond motifs is 4. The second-order valence-corrected chi connectivity index (χ2v) is 9.64. The van der Waals surface area contributed by atoms with Crippen LogP contribution in [0.15, 0.2) is 30.3 Å². The lowest BCUT2D eigenvalue weighted by molar-refractivity contribution is -0.165. The first kappa shape index (κ1) is 24.8. The smallest absolute Gasteiger partial charge is 0.254 e. The van der Waals surface area contributed by atoms with Crippen LogP contribution in [-0.2, 0) is 9.53 Å². The fourth-order valence-corrected chi connectivity index (χ4v) is 6.63. The van der Waals surface area contributed by atoms with E-state index in [0.29, 0.717) is 23.9 Å². The average molecular weight is 470 g/mol. The van der Waals surface area contributed by atoms with Crippen LogP contribution in [0, 0.1) is 11.8 Å². The summed E-state index contributed by atoms with van der Waals surface area (Å²) in [6.07, 6.45) is 6.71. The highest BCUT2D eigenvalue weighted by Gasteiger charge is 2.49. The number of amides is 1. The number of likely N-dealkylation sites (tertiary alicyclic amines) is 1. The molecule has 1 N–H and O–H groups in total. The number of rotatable bonds is 3. The van der Waals surface area contributed by atoms with Crippen LogP contribution in [0.5, 0.6) is 0 Å². The van der Waals surface area contributed by atoms with Gasteiger partial charge in [0.25, 0.3) is 5.91 Å².